The molecule has 0 aromatic rings. The standard InChI is InChI=1S/C14H26N2O2/c1-11(17)12-3-9-16(10-4-12)13(18)14(2)5-7-15-8-6-14/h11-12,15,17H,3-10H2,1-2H3. The zero-order chi connectivity index (χ0) is 13.2. The van der Waals surface area contributed by atoms with Crippen molar-refractivity contribution in [3.63, 3.8) is 0 Å². The van der Waals surface area contributed by atoms with E-state index in [4.69, 9.17) is 0 Å². The number of amides is 1. The van der Waals surface area contributed by atoms with E-state index >= 15 is 0 Å². The quantitative estimate of drug-likeness (QED) is 0.773. The van der Waals surface area contributed by atoms with Crippen molar-refractivity contribution in [2.45, 2.75) is 45.6 Å². The monoisotopic (exact) mass is 254 g/mol. The SMILES string of the molecule is CC(O)C1CCN(C(=O)C2(C)CCNCC2)CC1. The third kappa shape index (κ3) is 2.86. The molecule has 4 heteroatoms. The maximum absolute atomic E-state index is 12.6. The van der Waals surface area contributed by atoms with Gasteiger partial charge in [-0.1, -0.05) is 6.92 Å². The third-order valence-corrected chi connectivity index (χ3v) is 4.73. The molecule has 0 aliphatic carbocycles. The van der Waals surface area contributed by atoms with Crippen LogP contribution in [0.4, 0.5) is 0 Å². The highest BCUT2D eigenvalue weighted by molar-refractivity contribution is 5.82. The van der Waals surface area contributed by atoms with Crippen LogP contribution in [0.2, 0.25) is 0 Å². The lowest BCUT2D eigenvalue weighted by molar-refractivity contribution is -0.144. The number of hydrogen-bond acceptors (Lipinski definition) is 3. The first-order valence-electron chi connectivity index (χ1n) is 7.21. The number of aliphatic hydroxyl groups is 1. The molecule has 2 aliphatic rings. The molecular weight excluding hydrogens is 228 g/mol. The van der Waals surface area contributed by atoms with Gasteiger partial charge in [0, 0.05) is 18.5 Å². The average Bonchev–Trinajstić information content (AvgIpc) is 2.39. The summed E-state index contributed by atoms with van der Waals surface area (Å²) in [7, 11) is 0. The minimum Gasteiger partial charge on any atom is -0.393 e. The molecule has 0 radical (unpaired) electrons. The molecule has 2 aliphatic heterocycles. The summed E-state index contributed by atoms with van der Waals surface area (Å²) in [6.45, 7) is 7.50. The molecule has 2 heterocycles. The van der Waals surface area contributed by atoms with E-state index in [9.17, 15) is 9.90 Å². The molecule has 2 N–H and O–H groups in total. The van der Waals surface area contributed by atoms with Crippen molar-refractivity contribution < 1.29 is 9.90 Å². The maximum atomic E-state index is 12.6. The van der Waals surface area contributed by atoms with Crippen LogP contribution in [0.25, 0.3) is 0 Å². The average molecular weight is 254 g/mol. The fourth-order valence-electron chi connectivity index (χ4n) is 3.16. The zero-order valence-electron chi connectivity index (χ0n) is 11.6. The summed E-state index contributed by atoms with van der Waals surface area (Å²) in [6, 6.07) is 0. The lowest BCUT2D eigenvalue weighted by atomic mass is 9.79. The minimum absolute atomic E-state index is 0.164. The van der Waals surface area contributed by atoms with Crippen LogP contribution in [0.3, 0.4) is 0 Å². The van der Waals surface area contributed by atoms with Crippen molar-refractivity contribution in [1.82, 2.24) is 10.2 Å². The van der Waals surface area contributed by atoms with Crippen molar-refractivity contribution >= 4 is 5.91 Å². The number of hydrogen-bond donors (Lipinski definition) is 2. The lowest BCUT2D eigenvalue weighted by Crippen LogP contribution is -2.50. The van der Waals surface area contributed by atoms with E-state index in [-0.39, 0.29) is 11.5 Å². The summed E-state index contributed by atoms with van der Waals surface area (Å²) < 4.78 is 0. The van der Waals surface area contributed by atoms with E-state index in [0.29, 0.717) is 11.8 Å². The molecule has 0 spiro atoms. The molecule has 0 saturated carbocycles. The second-order valence-electron chi connectivity index (χ2n) is 6.18. The Morgan fingerprint density at radius 2 is 1.89 bits per heavy atom. The predicted molar refractivity (Wildman–Crippen MR) is 71.2 cm³/mol. The number of likely N-dealkylation sites (tertiary alicyclic amines) is 1. The first kappa shape index (κ1) is 13.8. The summed E-state index contributed by atoms with van der Waals surface area (Å²) in [5.74, 6) is 0.697. The first-order valence-corrected chi connectivity index (χ1v) is 7.21. The zero-order valence-corrected chi connectivity index (χ0v) is 11.6. The number of aliphatic hydroxyl groups excluding tert-OH is 1. The van der Waals surface area contributed by atoms with E-state index < -0.39 is 0 Å². The number of nitrogens with zero attached hydrogens (tertiary/aromatic N) is 1. The van der Waals surface area contributed by atoms with Gasteiger partial charge in [0.1, 0.15) is 0 Å². The Morgan fingerprint density at radius 3 is 2.39 bits per heavy atom. The smallest absolute Gasteiger partial charge is 0.228 e. The molecular formula is C14H26N2O2. The Kier molecular flexibility index (Phi) is 4.28. The molecule has 2 saturated heterocycles. The number of rotatable bonds is 2. The maximum Gasteiger partial charge on any atom is 0.228 e. The second-order valence-corrected chi connectivity index (χ2v) is 6.18. The topological polar surface area (TPSA) is 52.6 Å². The summed E-state index contributed by atoms with van der Waals surface area (Å²) in [5, 5.41) is 12.9. The van der Waals surface area contributed by atoms with Crippen LogP contribution in [0.1, 0.15) is 39.5 Å². The molecule has 0 bridgehead atoms. The fourth-order valence-corrected chi connectivity index (χ4v) is 3.16. The van der Waals surface area contributed by atoms with Crippen LogP contribution in [-0.2, 0) is 4.79 Å². The van der Waals surface area contributed by atoms with Gasteiger partial charge in [-0.25, -0.2) is 0 Å². The lowest BCUT2D eigenvalue weighted by Gasteiger charge is -2.40. The van der Waals surface area contributed by atoms with Gasteiger partial charge in [0.2, 0.25) is 5.91 Å². The molecule has 2 rings (SSSR count). The normalized spacial score (nSPS) is 26.9. The molecule has 1 amide bonds. The van der Waals surface area contributed by atoms with Crippen molar-refractivity contribution in [2.75, 3.05) is 26.2 Å². The number of carbonyl (C=O) groups is 1. The molecule has 0 aromatic carbocycles. The van der Waals surface area contributed by atoms with Gasteiger partial charge < -0.3 is 15.3 Å². The second kappa shape index (κ2) is 5.57. The number of piperidine rings is 2. The van der Waals surface area contributed by atoms with E-state index in [1.165, 1.54) is 0 Å². The van der Waals surface area contributed by atoms with Gasteiger partial charge in [0.05, 0.1) is 6.10 Å². The van der Waals surface area contributed by atoms with E-state index in [1.807, 2.05) is 11.8 Å². The van der Waals surface area contributed by atoms with Crippen molar-refractivity contribution in [3.05, 3.63) is 0 Å². The van der Waals surface area contributed by atoms with Gasteiger partial charge in [-0.15, -0.1) is 0 Å². The van der Waals surface area contributed by atoms with Crippen molar-refractivity contribution in [3.8, 4) is 0 Å². The third-order valence-electron chi connectivity index (χ3n) is 4.73. The van der Waals surface area contributed by atoms with Crippen LogP contribution in [0.15, 0.2) is 0 Å². The molecule has 2 fully saturated rings. The van der Waals surface area contributed by atoms with E-state index in [2.05, 4.69) is 12.2 Å². The van der Waals surface area contributed by atoms with Crippen LogP contribution in [0.5, 0.6) is 0 Å². The van der Waals surface area contributed by atoms with Gasteiger partial charge in [-0.2, -0.15) is 0 Å². The molecule has 104 valence electrons. The van der Waals surface area contributed by atoms with Gasteiger partial charge in [-0.3, -0.25) is 4.79 Å². The molecule has 1 unspecified atom stereocenters. The molecule has 0 aromatic heterocycles. The predicted octanol–water partition coefficient (Wildman–Crippen LogP) is 0.995. The van der Waals surface area contributed by atoms with E-state index in [1.54, 1.807) is 0 Å². The van der Waals surface area contributed by atoms with Crippen LogP contribution in [0, 0.1) is 11.3 Å². The van der Waals surface area contributed by atoms with Crippen LogP contribution < -0.4 is 5.32 Å². The summed E-state index contributed by atoms with van der Waals surface area (Å²) in [6.07, 6.45) is 3.54. The Hall–Kier alpha value is -0.610. The van der Waals surface area contributed by atoms with Gasteiger partial charge >= 0.3 is 0 Å². The highest BCUT2D eigenvalue weighted by Crippen LogP contribution is 2.32. The van der Waals surface area contributed by atoms with Crippen LogP contribution in [-0.4, -0.2) is 48.2 Å². The minimum atomic E-state index is -0.239. The van der Waals surface area contributed by atoms with Gasteiger partial charge in [0.15, 0.2) is 0 Å². The van der Waals surface area contributed by atoms with Crippen molar-refractivity contribution in [1.29, 1.82) is 0 Å². The summed E-state index contributed by atoms with van der Waals surface area (Å²) in [4.78, 5) is 14.6. The fraction of sp³-hybridized carbons (Fsp3) is 0.929. The molecule has 4 nitrogen and oxygen atoms in total. The highest BCUT2D eigenvalue weighted by atomic mass is 16.3. The largest absolute Gasteiger partial charge is 0.393 e. The number of carbonyl (C=O) groups excluding carboxylic acids is 1. The van der Waals surface area contributed by atoms with Crippen LogP contribution >= 0.6 is 0 Å². The Labute approximate surface area is 110 Å². The molecule has 18 heavy (non-hydrogen) atoms. The summed E-state index contributed by atoms with van der Waals surface area (Å²) in [5.41, 5.74) is -0.164. The van der Waals surface area contributed by atoms with Gasteiger partial charge in [-0.05, 0) is 51.6 Å². The summed E-state index contributed by atoms with van der Waals surface area (Å²) >= 11 is 0. The Morgan fingerprint density at radius 1 is 1.33 bits per heavy atom. The Balaban J connectivity index is 1.90. The van der Waals surface area contributed by atoms with E-state index in [0.717, 1.165) is 51.9 Å². The van der Waals surface area contributed by atoms with Crippen molar-refractivity contribution in [2.24, 2.45) is 11.3 Å². The molecule has 1 atom stereocenters. The van der Waals surface area contributed by atoms with Gasteiger partial charge in [0.25, 0.3) is 0 Å². The highest BCUT2D eigenvalue weighted by Gasteiger charge is 2.38. The number of nitrogens with one attached hydrogen (secondary N) is 1. The Bertz CT molecular complexity index is 290. The first-order chi connectivity index (χ1) is 8.53.